The fraction of sp³-hybridized carbons (Fsp3) is 0.222. The lowest BCUT2D eigenvalue weighted by Gasteiger charge is -2.01. The topological polar surface area (TPSA) is 43.6 Å². The van der Waals surface area contributed by atoms with E-state index in [4.69, 9.17) is 0 Å². The second kappa shape index (κ2) is 3.17. The highest BCUT2D eigenvalue weighted by atomic mass is 19.1. The van der Waals surface area contributed by atoms with Gasteiger partial charge in [0.15, 0.2) is 0 Å². The summed E-state index contributed by atoms with van der Waals surface area (Å²) in [6.45, 7) is 3.61. The van der Waals surface area contributed by atoms with E-state index in [1.807, 2.05) is 6.92 Å². The normalized spacial score (nSPS) is 10.5. The van der Waals surface area contributed by atoms with Gasteiger partial charge in [0.25, 0.3) is 0 Å². The van der Waals surface area contributed by atoms with E-state index in [9.17, 15) is 4.39 Å². The Bertz CT molecular complexity index is 464. The zero-order chi connectivity index (χ0) is 10.1. The Balaban J connectivity index is 2.54. The molecule has 2 aromatic heterocycles. The fourth-order valence-electron chi connectivity index (χ4n) is 1.29. The van der Waals surface area contributed by atoms with Gasteiger partial charge in [0.1, 0.15) is 11.6 Å². The van der Waals surface area contributed by atoms with E-state index in [-0.39, 0.29) is 0 Å². The van der Waals surface area contributed by atoms with Crippen LogP contribution in [0, 0.1) is 19.8 Å². The summed E-state index contributed by atoms with van der Waals surface area (Å²) < 4.78 is 14.4. The van der Waals surface area contributed by atoms with Crippen molar-refractivity contribution >= 4 is 0 Å². The Labute approximate surface area is 80.4 Å². The van der Waals surface area contributed by atoms with Crippen molar-refractivity contribution in [3.8, 4) is 5.69 Å². The van der Waals surface area contributed by atoms with Crippen LogP contribution in [-0.2, 0) is 0 Å². The molecule has 0 fully saturated rings. The molecule has 14 heavy (non-hydrogen) atoms. The van der Waals surface area contributed by atoms with Gasteiger partial charge >= 0.3 is 0 Å². The highest BCUT2D eigenvalue weighted by molar-refractivity contribution is 5.29. The predicted molar refractivity (Wildman–Crippen MR) is 48.6 cm³/mol. The summed E-state index contributed by atoms with van der Waals surface area (Å²) in [6.07, 6.45) is 1.40. The van der Waals surface area contributed by atoms with Crippen LogP contribution < -0.4 is 0 Å². The molecule has 0 aromatic carbocycles. The van der Waals surface area contributed by atoms with E-state index in [1.165, 1.54) is 12.3 Å². The molecule has 2 heterocycles. The molecule has 5 heteroatoms. The minimum atomic E-state index is -0.518. The first kappa shape index (κ1) is 8.80. The summed E-state index contributed by atoms with van der Waals surface area (Å²) in [5.41, 5.74) is 0.635. The highest BCUT2D eigenvalue weighted by Crippen LogP contribution is 2.08. The minimum Gasteiger partial charge on any atom is -0.228 e. The van der Waals surface area contributed by atoms with E-state index >= 15 is 0 Å². The lowest BCUT2D eigenvalue weighted by Crippen LogP contribution is -2.00. The average molecular weight is 192 g/mol. The molecule has 2 rings (SSSR count). The SMILES string of the molecule is Cc1nc(C)n(-c2ccnc(F)c2)n1. The first-order valence-electron chi connectivity index (χ1n) is 4.19. The molecule has 0 atom stereocenters. The molecule has 72 valence electrons. The van der Waals surface area contributed by atoms with E-state index in [1.54, 1.807) is 17.7 Å². The maximum atomic E-state index is 12.8. The summed E-state index contributed by atoms with van der Waals surface area (Å²) in [4.78, 5) is 7.60. The zero-order valence-electron chi connectivity index (χ0n) is 7.90. The van der Waals surface area contributed by atoms with Crippen molar-refractivity contribution < 1.29 is 4.39 Å². The standard InChI is InChI=1S/C9H9FN4/c1-6-12-7(2)14(13-6)8-3-4-11-9(10)5-8/h3-5H,1-2H3. The van der Waals surface area contributed by atoms with Gasteiger partial charge < -0.3 is 0 Å². The molecule has 0 spiro atoms. The van der Waals surface area contributed by atoms with Gasteiger partial charge in [0, 0.05) is 12.3 Å². The molecule has 0 aliphatic heterocycles. The Kier molecular flexibility index (Phi) is 1.99. The number of hydrogen-bond donors (Lipinski definition) is 0. The zero-order valence-corrected chi connectivity index (χ0v) is 7.90. The number of hydrogen-bond acceptors (Lipinski definition) is 3. The van der Waals surface area contributed by atoms with Crippen LogP contribution in [0.2, 0.25) is 0 Å². The van der Waals surface area contributed by atoms with E-state index < -0.39 is 5.95 Å². The fourth-order valence-corrected chi connectivity index (χ4v) is 1.29. The first-order chi connectivity index (χ1) is 6.66. The Morgan fingerprint density at radius 3 is 2.71 bits per heavy atom. The monoisotopic (exact) mass is 192 g/mol. The Morgan fingerprint density at radius 2 is 2.14 bits per heavy atom. The van der Waals surface area contributed by atoms with Crippen molar-refractivity contribution in [3.05, 3.63) is 35.9 Å². The maximum Gasteiger partial charge on any atom is 0.214 e. The van der Waals surface area contributed by atoms with E-state index in [0.29, 0.717) is 11.5 Å². The summed E-state index contributed by atoms with van der Waals surface area (Å²) >= 11 is 0. The molecule has 0 amide bonds. The molecular formula is C9H9FN4. The Morgan fingerprint density at radius 1 is 1.36 bits per heavy atom. The maximum absolute atomic E-state index is 12.8. The number of pyridine rings is 1. The number of rotatable bonds is 1. The van der Waals surface area contributed by atoms with Crippen LogP contribution in [0.15, 0.2) is 18.3 Å². The second-order valence-corrected chi connectivity index (χ2v) is 2.95. The predicted octanol–water partition coefficient (Wildman–Crippen LogP) is 1.42. The van der Waals surface area contributed by atoms with Crippen LogP contribution >= 0.6 is 0 Å². The molecule has 0 bridgehead atoms. The molecule has 0 N–H and O–H groups in total. The van der Waals surface area contributed by atoms with Crippen LogP contribution in [0.1, 0.15) is 11.6 Å². The van der Waals surface area contributed by atoms with Gasteiger partial charge in [-0.2, -0.15) is 9.49 Å². The highest BCUT2D eigenvalue weighted by Gasteiger charge is 2.05. The first-order valence-corrected chi connectivity index (χ1v) is 4.19. The molecule has 0 saturated carbocycles. The largest absolute Gasteiger partial charge is 0.228 e. The lowest BCUT2D eigenvalue weighted by atomic mass is 10.4. The van der Waals surface area contributed by atoms with Crippen molar-refractivity contribution in [2.75, 3.05) is 0 Å². The molecule has 0 unspecified atom stereocenters. The average Bonchev–Trinajstić information content (AvgIpc) is 2.45. The summed E-state index contributed by atoms with van der Waals surface area (Å²) in [5, 5.41) is 4.13. The van der Waals surface area contributed by atoms with Crippen LogP contribution in [0.4, 0.5) is 4.39 Å². The van der Waals surface area contributed by atoms with Gasteiger partial charge in [-0.15, -0.1) is 0 Å². The van der Waals surface area contributed by atoms with Crippen molar-refractivity contribution in [3.63, 3.8) is 0 Å². The summed E-state index contributed by atoms with van der Waals surface area (Å²) in [5.74, 6) is 0.878. The molecule has 0 saturated heterocycles. The molecule has 0 radical (unpaired) electrons. The van der Waals surface area contributed by atoms with E-state index in [0.717, 1.165) is 5.82 Å². The minimum absolute atomic E-state index is 0.518. The van der Waals surface area contributed by atoms with Gasteiger partial charge in [-0.1, -0.05) is 0 Å². The number of aryl methyl sites for hydroxylation is 2. The lowest BCUT2D eigenvalue weighted by molar-refractivity contribution is 0.581. The van der Waals surface area contributed by atoms with Gasteiger partial charge in [0.05, 0.1) is 5.69 Å². The quantitative estimate of drug-likeness (QED) is 0.642. The third-order valence-electron chi connectivity index (χ3n) is 1.83. The smallest absolute Gasteiger partial charge is 0.214 e. The summed E-state index contributed by atoms with van der Waals surface area (Å²) in [7, 11) is 0. The summed E-state index contributed by atoms with van der Waals surface area (Å²) in [6, 6.07) is 3.01. The van der Waals surface area contributed by atoms with Crippen molar-refractivity contribution in [2.45, 2.75) is 13.8 Å². The van der Waals surface area contributed by atoms with Crippen LogP contribution in [0.5, 0.6) is 0 Å². The Hall–Kier alpha value is -1.78. The molecule has 0 aliphatic carbocycles. The van der Waals surface area contributed by atoms with Gasteiger partial charge in [0.2, 0.25) is 5.95 Å². The van der Waals surface area contributed by atoms with Gasteiger partial charge in [-0.25, -0.2) is 14.6 Å². The number of aromatic nitrogens is 4. The van der Waals surface area contributed by atoms with E-state index in [2.05, 4.69) is 15.1 Å². The van der Waals surface area contributed by atoms with Crippen molar-refractivity contribution in [2.24, 2.45) is 0 Å². The van der Waals surface area contributed by atoms with Crippen LogP contribution in [0.3, 0.4) is 0 Å². The second-order valence-electron chi connectivity index (χ2n) is 2.95. The molecule has 0 aliphatic rings. The molecular weight excluding hydrogens is 183 g/mol. The van der Waals surface area contributed by atoms with Crippen LogP contribution in [0.25, 0.3) is 5.69 Å². The number of nitrogens with zero attached hydrogens (tertiary/aromatic N) is 4. The van der Waals surface area contributed by atoms with Crippen LogP contribution in [-0.4, -0.2) is 19.7 Å². The third kappa shape index (κ3) is 1.48. The van der Waals surface area contributed by atoms with Crippen molar-refractivity contribution in [1.29, 1.82) is 0 Å². The van der Waals surface area contributed by atoms with Crippen molar-refractivity contribution in [1.82, 2.24) is 19.7 Å². The number of halogens is 1. The van der Waals surface area contributed by atoms with Gasteiger partial charge in [-0.05, 0) is 19.9 Å². The van der Waals surface area contributed by atoms with Gasteiger partial charge in [-0.3, -0.25) is 0 Å². The third-order valence-corrected chi connectivity index (χ3v) is 1.83. The molecule has 2 aromatic rings. The molecule has 4 nitrogen and oxygen atoms in total.